The third-order valence-electron chi connectivity index (χ3n) is 3.36. The van der Waals surface area contributed by atoms with Crippen LogP contribution < -0.4 is 0 Å². The minimum atomic E-state index is -1.00. The fourth-order valence-electron chi connectivity index (χ4n) is 2.26. The van der Waals surface area contributed by atoms with Crippen LogP contribution in [-0.4, -0.2) is 21.0 Å². The average molecular weight is 308 g/mol. The molecule has 0 unspecified atom stereocenters. The molecule has 0 saturated heterocycles. The van der Waals surface area contributed by atoms with Gasteiger partial charge in [-0.15, -0.1) is 0 Å². The summed E-state index contributed by atoms with van der Waals surface area (Å²) < 4.78 is 13.1. The number of aromatic nitrogens is 2. The van der Waals surface area contributed by atoms with Crippen LogP contribution in [0.2, 0.25) is 0 Å². The van der Waals surface area contributed by atoms with Crippen molar-refractivity contribution in [1.82, 2.24) is 9.97 Å². The maximum atomic E-state index is 13.1. The third kappa shape index (κ3) is 3.23. The first-order valence-corrected chi connectivity index (χ1v) is 6.98. The van der Waals surface area contributed by atoms with E-state index in [2.05, 4.69) is 9.97 Å². The van der Waals surface area contributed by atoms with E-state index >= 15 is 0 Å². The summed E-state index contributed by atoms with van der Waals surface area (Å²) >= 11 is 0. The van der Waals surface area contributed by atoms with Gasteiger partial charge in [0.1, 0.15) is 5.82 Å². The van der Waals surface area contributed by atoms with Crippen molar-refractivity contribution < 1.29 is 14.3 Å². The minimum absolute atomic E-state index is 0.177. The molecule has 5 heteroatoms. The lowest BCUT2D eigenvalue weighted by Crippen LogP contribution is -1.99. The normalized spacial score (nSPS) is 10.5. The van der Waals surface area contributed by atoms with E-state index in [0.717, 1.165) is 11.3 Å². The number of hydrogen-bond acceptors (Lipinski definition) is 3. The SMILES string of the molecule is Cc1cc(-c2ccc(F)cc2)nc(-c2cccc(C(=O)O)c2)n1. The highest BCUT2D eigenvalue weighted by molar-refractivity contribution is 5.89. The Bertz CT molecular complexity index is 876. The first-order valence-electron chi connectivity index (χ1n) is 6.98. The topological polar surface area (TPSA) is 63.1 Å². The molecule has 23 heavy (non-hydrogen) atoms. The summed E-state index contributed by atoms with van der Waals surface area (Å²) in [5, 5.41) is 9.09. The van der Waals surface area contributed by atoms with Gasteiger partial charge in [-0.3, -0.25) is 0 Å². The molecule has 0 saturated carbocycles. The highest BCUT2D eigenvalue weighted by Gasteiger charge is 2.10. The van der Waals surface area contributed by atoms with Gasteiger partial charge in [0.15, 0.2) is 5.82 Å². The first-order chi connectivity index (χ1) is 11.0. The largest absolute Gasteiger partial charge is 0.478 e. The molecule has 0 aliphatic carbocycles. The zero-order valence-corrected chi connectivity index (χ0v) is 12.3. The maximum absolute atomic E-state index is 13.1. The van der Waals surface area contributed by atoms with Gasteiger partial charge in [-0.25, -0.2) is 19.2 Å². The smallest absolute Gasteiger partial charge is 0.335 e. The van der Waals surface area contributed by atoms with Crippen molar-refractivity contribution in [1.29, 1.82) is 0 Å². The second-order valence-corrected chi connectivity index (χ2v) is 5.11. The number of hydrogen-bond donors (Lipinski definition) is 1. The van der Waals surface area contributed by atoms with Crippen LogP contribution in [0.1, 0.15) is 16.1 Å². The first kappa shape index (κ1) is 14.8. The van der Waals surface area contributed by atoms with Gasteiger partial charge in [0.25, 0.3) is 0 Å². The van der Waals surface area contributed by atoms with Crippen LogP contribution in [0.15, 0.2) is 54.6 Å². The monoisotopic (exact) mass is 308 g/mol. The molecule has 1 aromatic heterocycles. The van der Waals surface area contributed by atoms with E-state index < -0.39 is 5.97 Å². The Morgan fingerprint density at radius 1 is 1.00 bits per heavy atom. The van der Waals surface area contributed by atoms with Crippen LogP contribution in [0.5, 0.6) is 0 Å². The van der Waals surface area contributed by atoms with E-state index in [1.54, 1.807) is 30.3 Å². The Morgan fingerprint density at radius 2 is 1.74 bits per heavy atom. The number of benzene rings is 2. The molecule has 0 aliphatic rings. The zero-order valence-electron chi connectivity index (χ0n) is 12.3. The van der Waals surface area contributed by atoms with Crippen molar-refractivity contribution >= 4 is 5.97 Å². The number of aromatic carboxylic acids is 1. The summed E-state index contributed by atoms with van der Waals surface area (Å²) in [6.45, 7) is 1.83. The van der Waals surface area contributed by atoms with E-state index in [4.69, 9.17) is 5.11 Å². The number of nitrogens with zero attached hydrogens (tertiary/aromatic N) is 2. The molecule has 0 bridgehead atoms. The van der Waals surface area contributed by atoms with E-state index in [1.165, 1.54) is 24.3 Å². The molecule has 3 aromatic rings. The fraction of sp³-hybridized carbons (Fsp3) is 0.0556. The van der Waals surface area contributed by atoms with Crippen molar-refractivity contribution in [2.45, 2.75) is 6.92 Å². The summed E-state index contributed by atoms with van der Waals surface area (Å²) in [5.41, 5.74) is 2.98. The lowest BCUT2D eigenvalue weighted by molar-refractivity contribution is 0.0697. The van der Waals surface area contributed by atoms with E-state index in [9.17, 15) is 9.18 Å². The summed E-state index contributed by atoms with van der Waals surface area (Å²) in [7, 11) is 0. The summed E-state index contributed by atoms with van der Waals surface area (Å²) in [6, 6.07) is 14.3. The highest BCUT2D eigenvalue weighted by Crippen LogP contribution is 2.23. The van der Waals surface area contributed by atoms with E-state index in [1.807, 2.05) is 6.92 Å². The third-order valence-corrected chi connectivity index (χ3v) is 3.36. The van der Waals surface area contributed by atoms with Crippen LogP contribution in [0, 0.1) is 12.7 Å². The highest BCUT2D eigenvalue weighted by atomic mass is 19.1. The van der Waals surface area contributed by atoms with Crippen molar-refractivity contribution in [2.24, 2.45) is 0 Å². The van der Waals surface area contributed by atoms with E-state index in [-0.39, 0.29) is 11.4 Å². The van der Waals surface area contributed by atoms with Crippen molar-refractivity contribution in [2.75, 3.05) is 0 Å². The number of carboxylic acids is 1. The molecule has 4 nitrogen and oxygen atoms in total. The summed E-state index contributed by atoms with van der Waals surface area (Å²) in [4.78, 5) is 19.9. The Balaban J connectivity index is 2.09. The maximum Gasteiger partial charge on any atom is 0.335 e. The van der Waals surface area contributed by atoms with Gasteiger partial charge < -0.3 is 5.11 Å². The molecule has 0 radical (unpaired) electrons. The van der Waals surface area contributed by atoms with Gasteiger partial charge in [-0.05, 0) is 49.4 Å². The molecule has 0 fully saturated rings. The van der Waals surface area contributed by atoms with Gasteiger partial charge in [0.2, 0.25) is 0 Å². The van der Waals surface area contributed by atoms with Gasteiger partial charge >= 0.3 is 5.97 Å². The molecular weight excluding hydrogens is 295 g/mol. The lowest BCUT2D eigenvalue weighted by atomic mass is 10.1. The number of carboxylic acid groups (broad SMARTS) is 1. The van der Waals surface area contributed by atoms with Crippen LogP contribution in [-0.2, 0) is 0 Å². The van der Waals surface area contributed by atoms with Gasteiger partial charge in [-0.2, -0.15) is 0 Å². The van der Waals surface area contributed by atoms with Crippen molar-refractivity contribution in [3.63, 3.8) is 0 Å². The van der Waals surface area contributed by atoms with Gasteiger partial charge in [0.05, 0.1) is 11.3 Å². The second kappa shape index (κ2) is 5.96. The Morgan fingerprint density at radius 3 is 2.43 bits per heavy atom. The van der Waals surface area contributed by atoms with Crippen LogP contribution in [0.3, 0.4) is 0 Å². The average Bonchev–Trinajstić information content (AvgIpc) is 2.55. The molecule has 3 rings (SSSR count). The van der Waals surface area contributed by atoms with Gasteiger partial charge in [-0.1, -0.05) is 12.1 Å². The fourth-order valence-corrected chi connectivity index (χ4v) is 2.26. The van der Waals surface area contributed by atoms with Gasteiger partial charge in [0, 0.05) is 16.8 Å². The second-order valence-electron chi connectivity index (χ2n) is 5.11. The minimum Gasteiger partial charge on any atom is -0.478 e. The Hall–Kier alpha value is -3.08. The zero-order chi connectivity index (χ0) is 16.4. The number of rotatable bonds is 3. The molecular formula is C18H13FN2O2. The predicted octanol–water partition coefficient (Wildman–Crippen LogP) is 3.96. The number of carbonyl (C=O) groups is 1. The molecule has 0 aliphatic heterocycles. The van der Waals surface area contributed by atoms with Crippen molar-refractivity contribution in [3.05, 3.63) is 71.7 Å². The standard InChI is InChI=1S/C18H13FN2O2/c1-11-9-16(12-5-7-15(19)8-6-12)21-17(20-11)13-3-2-4-14(10-13)18(22)23/h2-10H,1H3,(H,22,23). The summed E-state index contributed by atoms with van der Waals surface area (Å²) in [5.74, 6) is -0.875. The lowest BCUT2D eigenvalue weighted by Gasteiger charge is -2.07. The molecule has 1 N–H and O–H groups in total. The number of halogens is 1. The Labute approximate surface area is 132 Å². The molecule has 114 valence electrons. The molecule has 0 spiro atoms. The molecule has 2 aromatic carbocycles. The predicted molar refractivity (Wildman–Crippen MR) is 84.6 cm³/mol. The van der Waals surface area contributed by atoms with Crippen LogP contribution in [0.4, 0.5) is 4.39 Å². The van der Waals surface area contributed by atoms with Crippen LogP contribution in [0.25, 0.3) is 22.6 Å². The quantitative estimate of drug-likeness (QED) is 0.795. The van der Waals surface area contributed by atoms with Crippen LogP contribution >= 0.6 is 0 Å². The van der Waals surface area contributed by atoms with E-state index in [0.29, 0.717) is 17.1 Å². The van der Waals surface area contributed by atoms with Crippen molar-refractivity contribution in [3.8, 4) is 22.6 Å². The molecule has 1 heterocycles. The number of aryl methyl sites for hydroxylation is 1. The summed E-state index contributed by atoms with van der Waals surface area (Å²) in [6.07, 6.45) is 0. The molecule has 0 atom stereocenters. The molecule has 0 amide bonds. The Kier molecular flexibility index (Phi) is 3.85.